The molecule has 0 unspecified atom stereocenters. The molecule has 0 bridgehead atoms. The standard InChI is InChI=1S/C22H17FN2O4S/c23-14-5-7-15(8-6-14)24-20(26)13-30-17-11-9-16(10-12-17)25-21(27)18-3-1-2-4-19(18)22(28)29/h1-12H,13H2,(H,24,26)(H,25,27)(H,28,29). The molecule has 0 aliphatic carbocycles. The van der Waals surface area contributed by atoms with Crippen molar-refractivity contribution in [1.29, 1.82) is 0 Å². The van der Waals surface area contributed by atoms with E-state index >= 15 is 0 Å². The third kappa shape index (κ3) is 5.68. The molecule has 0 aromatic heterocycles. The number of rotatable bonds is 7. The molecule has 0 radical (unpaired) electrons. The highest BCUT2D eigenvalue weighted by Crippen LogP contribution is 2.21. The molecule has 30 heavy (non-hydrogen) atoms. The van der Waals surface area contributed by atoms with E-state index in [2.05, 4.69) is 10.6 Å². The zero-order valence-corrected chi connectivity index (χ0v) is 16.4. The number of carbonyl (C=O) groups is 3. The molecule has 0 aliphatic rings. The van der Waals surface area contributed by atoms with E-state index in [1.54, 1.807) is 36.4 Å². The van der Waals surface area contributed by atoms with Gasteiger partial charge in [0.15, 0.2) is 0 Å². The number of hydrogen-bond donors (Lipinski definition) is 3. The van der Waals surface area contributed by atoms with Crippen LogP contribution in [-0.2, 0) is 4.79 Å². The van der Waals surface area contributed by atoms with Gasteiger partial charge < -0.3 is 15.7 Å². The molecule has 0 spiro atoms. The van der Waals surface area contributed by atoms with Crippen molar-refractivity contribution in [2.24, 2.45) is 0 Å². The maximum absolute atomic E-state index is 12.9. The van der Waals surface area contributed by atoms with E-state index in [0.29, 0.717) is 11.4 Å². The first kappa shape index (κ1) is 21.1. The lowest BCUT2D eigenvalue weighted by Gasteiger charge is -2.09. The summed E-state index contributed by atoms with van der Waals surface area (Å²) >= 11 is 1.30. The number of nitrogens with one attached hydrogen (secondary N) is 2. The highest BCUT2D eigenvalue weighted by atomic mass is 32.2. The summed E-state index contributed by atoms with van der Waals surface area (Å²) in [6.45, 7) is 0. The normalized spacial score (nSPS) is 10.3. The van der Waals surface area contributed by atoms with Gasteiger partial charge in [0.2, 0.25) is 5.91 Å². The largest absolute Gasteiger partial charge is 0.478 e. The van der Waals surface area contributed by atoms with E-state index < -0.39 is 11.9 Å². The van der Waals surface area contributed by atoms with Gasteiger partial charge in [-0.05, 0) is 60.7 Å². The number of carboxylic acids is 1. The Balaban J connectivity index is 1.55. The number of carbonyl (C=O) groups excluding carboxylic acids is 2. The number of benzene rings is 3. The summed E-state index contributed by atoms with van der Waals surface area (Å²) in [5.41, 5.74) is 1.01. The summed E-state index contributed by atoms with van der Waals surface area (Å²) in [4.78, 5) is 36.4. The summed E-state index contributed by atoms with van der Waals surface area (Å²) in [6, 6.07) is 18.3. The first-order chi connectivity index (χ1) is 14.4. The Morgan fingerprint density at radius 1 is 0.800 bits per heavy atom. The van der Waals surface area contributed by atoms with Gasteiger partial charge in [-0.15, -0.1) is 11.8 Å². The smallest absolute Gasteiger partial charge is 0.336 e. The zero-order chi connectivity index (χ0) is 21.5. The number of halogens is 1. The van der Waals surface area contributed by atoms with Gasteiger partial charge in [-0.1, -0.05) is 12.1 Å². The molecule has 3 N–H and O–H groups in total. The minimum absolute atomic E-state index is 0.0703. The van der Waals surface area contributed by atoms with Gasteiger partial charge in [-0.3, -0.25) is 9.59 Å². The maximum atomic E-state index is 12.9. The molecule has 152 valence electrons. The van der Waals surface area contributed by atoms with Crippen LogP contribution in [-0.4, -0.2) is 28.6 Å². The van der Waals surface area contributed by atoms with Crippen LogP contribution in [0.4, 0.5) is 15.8 Å². The molecule has 0 saturated heterocycles. The summed E-state index contributed by atoms with van der Waals surface area (Å²) in [5, 5.41) is 14.5. The third-order valence-corrected chi connectivity index (χ3v) is 5.02. The number of amides is 2. The zero-order valence-electron chi connectivity index (χ0n) is 15.6. The predicted octanol–water partition coefficient (Wildman–Crippen LogP) is 4.51. The second-order valence-electron chi connectivity index (χ2n) is 6.17. The van der Waals surface area contributed by atoms with Gasteiger partial charge in [0.05, 0.1) is 16.9 Å². The summed E-state index contributed by atoms with van der Waals surface area (Å²) in [7, 11) is 0. The van der Waals surface area contributed by atoms with E-state index in [0.717, 1.165) is 4.90 Å². The van der Waals surface area contributed by atoms with Crippen LogP contribution in [0.2, 0.25) is 0 Å². The molecule has 0 saturated carbocycles. The second kappa shape index (κ2) is 9.71. The fourth-order valence-corrected chi connectivity index (χ4v) is 3.28. The molecule has 8 heteroatoms. The highest BCUT2D eigenvalue weighted by molar-refractivity contribution is 8.00. The minimum atomic E-state index is -1.17. The Morgan fingerprint density at radius 3 is 2.00 bits per heavy atom. The second-order valence-corrected chi connectivity index (χ2v) is 7.22. The van der Waals surface area contributed by atoms with Crippen LogP contribution in [0.5, 0.6) is 0 Å². The average Bonchev–Trinajstić information content (AvgIpc) is 2.75. The van der Waals surface area contributed by atoms with Gasteiger partial charge in [0.25, 0.3) is 5.91 Å². The van der Waals surface area contributed by atoms with Crippen LogP contribution < -0.4 is 10.6 Å². The summed E-state index contributed by atoms with van der Waals surface area (Å²) < 4.78 is 12.9. The number of aromatic carboxylic acids is 1. The molecular weight excluding hydrogens is 407 g/mol. The van der Waals surface area contributed by atoms with Crippen molar-refractivity contribution in [1.82, 2.24) is 0 Å². The molecule has 0 heterocycles. The van der Waals surface area contributed by atoms with Crippen molar-refractivity contribution >= 4 is 40.9 Å². The summed E-state index contributed by atoms with van der Waals surface area (Å²) in [5.74, 6) is -2.14. The van der Waals surface area contributed by atoms with Gasteiger partial charge in [-0.25, -0.2) is 9.18 Å². The van der Waals surface area contributed by atoms with Crippen LogP contribution in [0.15, 0.2) is 77.7 Å². The van der Waals surface area contributed by atoms with Crippen molar-refractivity contribution in [2.75, 3.05) is 16.4 Å². The van der Waals surface area contributed by atoms with E-state index in [1.807, 2.05) is 0 Å². The van der Waals surface area contributed by atoms with Gasteiger partial charge in [0, 0.05) is 16.3 Å². The maximum Gasteiger partial charge on any atom is 0.336 e. The number of carboxylic acid groups (broad SMARTS) is 1. The first-order valence-electron chi connectivity index (χ1n) is 8.84. The van der Waals surface area contributed by atoms with Crippen molar-refractivity contribution in [3.05, 3.63) is 89.7 Å². The number of hydrogen-bond acceptors (Lipinski definition) is 4. The minimum Gasteiger partial charge on any atom is -0.478 e. The number of anilines is 2. The molecule has 0 fully saturated rings. The van der Waals surface area contributed by atoms with E-state index in [9.17, 15) is 23.9 Å². The Morgan fingerprint density at radius 2 is 1.37 bits per heavy atom. The van der Waals surface area contributed by atoms with Gasteiger partial charge in [0.1, 0.15) is 5.82 Å². The molecule has 0 aliphatic heterocycles. The predicted molar refractivity (Wildman–Crippen MR) is 114 cm³/mol. The van der Waals surface area contributed by atoms with Crippen LogP contribution in [0, 0.1) is 5.82 Å². The van der Waals surface area contributed by atoms with Gasteiger partial charge >= 0.3 is 5.97 Å². The Bertz CT molecular complexity index is 1070. The molecule has 2 amide bonds. The summed E-state index contributed by atoms with van der Waals surface area (Å²) in [6.07, 6.45) is 0. The molecule has 3 rings (SSSR count). The SMILES string of the molecule is O=C(CSc1ccc(NC(=O)c2ccccc2C(=O)O)cc1)Nc1ccc(F)cc1. The third-order valence-electron chi connectivity index (χ3n) is 4.01. The quantitative estimate of drug-likeness (QED) is 0.485. The average molecular weight is 424 g/mol. The van der Waals surface area contributed by atoms with Crippen molar-refractivity contribution < 1.29 is 23.9 Å². The Hall–Kier alpha value is -3.65. The van der Waals surface area contributed by atoms with E-state index in [-0.39, 0.29) is 28.6 Å². The fourth-order valence-electron chi connectivity index (χ4n) is 2.58. The Kier molecular flexibility index (Phi) is 6.82. The van der Waals surface area contributed by atoms with Gasteiger partial charge in [-0.2, -0.15) is 0 Å². The fraction of sp³-hybridized carbons (Fsp3) is 0.0455. The van der Waals surface area contributed by atoms with Crippen molar-refractivity contribution in [2.45, 2.75) is 4.90 Å². The van der Waals surface area contributed by atoms with E-state index in [4.69, 9.17) is 0 Å². The molecule has 3 aromatic carbocycles. The lowest BCUT2D eigenvalue weighted by molar-refractivity contribution is -0.113. The topological polar surface area (TPSA) is 95.5 Å². The highest BCUT2D eigenvalue weighted by Gasteiger charge is 2.15. The monoisotopic (exact) mass is 424 g/mol. The van der Waals surface area contributed by atoms with Crippen LogP contribution in [0.25, 0.3) is 0 Å². The van der Waals surface area contributed by atoms with Crippen LogP contribution >= 0.6 is 11.8 Å². The van der Waals surface area contributed by atoms with Crippen molar-refractivity contribution in [3.63, 3.8) is 0 Å². The first-order valence-corrected chi connectivity index (χ1v) is 9.83. The number of thioether (sulfide) groups is 1. The van der Waals surface area contributed by atoms with Crippen LogP contribution in [0.1, 0.15) is 20.7 Å². The lowest BCUT2D eigenvalue weighted by Crippen LogP contribution is -2.16. The Labute approximate surface area is 176 Å². The molecule has 3 aromatic rings. The van der Waals surface area contributed by atoms with E-state index in [1.165, 1.54) is 48.2 Å². The molecule has 6 nitrogen and oxygen atoms in total. The molecule has 0 atom stereocenters. The molecular formula is C22H17FN2O4S. The lowest BCUT2D eigenvalue weighted by atomic mass is 10.1. The van der Waals surface area contributed by atoms with Crippen LogP contribution in [0.3, 0.4) is 0 Å². The van der Waals surface area contributed by atoms with Crippen molar-refractivity contribution in [3.8, 4) is 0 Å².